The Labute approximate surface area is 123 Å². The summed E-state index contributed by atoms with van der Waals surface area (Å²) >= 11 is 1.67. The zero-order valence-electron chi connectivity index (χ0n) is 12.4. The number of anilines is 2. The minimum Gasteiger partial charge on any atom is -0.370 e. The number of hydrogen-bond acceptors (Lipinski definition) is 6. The molecule has 0 aromatic carbocycles. The van der Waals surface area contributed by atoms with Crippen molar-refractivity contribution in [3.63, 3.8) is 0 Å². The van der Waals surface area contributed by atoms with Gasteiger partial charge in [-0.25, -0.2) is 15.0 Å². The van der Waals surface area contributed by atoms with E-state index in [1.54, 1.807) is 11.3 Å². The number of aryl methyl sites for hydroxylation is 2. The van der Waals surface area contributed by atoms with E-state index in [0.29, 0.717) is 6.54 Å². The third kappa shape index (κ3) is 3.45. The fourth-order valence-corrected chi connectivity index (χ4v) is 2.59. The molecule has 0 aliphatic carbocycles. The molecule has 0 fully saturated rings. The molecule has 0 aliphatic rings. The van der Waals surface area contributed by atoms with Crippen molar-refractivity contribution in [1.29, 1.82) is 0 Å². The van der Waals surface area contributed by atoms with E-state index in [0.717, 1.165) is 46.7 Å². The van der Waals surface area contributed by atoms with Gasteiger partial charge in [0.1, 0.15) is 22.5 Å². The number of rotatable bonds is 6. The minimum atomic E-state index is 0.699. The highest BCUT2D eigenvalue weighted by Crippen LogP contribution is 2.21. The van der Waals surface area contributed by atoms with Gasteiger partial charge in [0.25, 0.3) is 0 Å². The molecule has 0 spiro atoms. The Balaban J connectivity index is 2.19. The third-order valence-electron chi connectivity index (χ3n) is 2.93. The van der Waals surface area contributed by atoms with Crippen LogP contribution in [0, 0.1) is 13.8 Å². The van der Waals surface area contributed by atoms with Crippen molar-refractivity contribution in [2.75, 3.05) is 17.2 Å². The smallest absolute Gasteiger partial charge is 0.135 e. The molecule has 2 rings (SSSR count). The Morgan fingerprint density at radius 2 is 1.75 bits per heavy atom. The van der Waals surface area contributed by atoms with Gasteiger partial charge in [-0.1, -0.05) is 6.92 Å². The Bertz CT molecular complexity index is 579. The second-order valence-electron chi connectivity index (χ2n) is 4.58. The molecule has 0 radical (unpaired) electrons. The third-order valence-corrected chi connectivity index (χ3v) is 3.89. The maximum Gasteiger partial charge on any atom is 0.135 e. The molecule has 0 saturated carbocycles. The SMILES string of the molecule is CCNc1nc(CC)nc(NCc2nc(C)cs2)c1C. The molecule has 0 saturated heterocycles. The summed E-state index contributed by atoms with van der Waals surface area (Å²) in [5.41, 5.74) is 2.12. The molecule has 6 heteroatoms. The molecule has 5 nitrogen and oxygen atoms in total. The van der Waals surface area contributed by atoms with Crippen LogP contribution >= 0.6 is 11.3 Å². The highest BCUT2D eigenvalue weighted by molar-refractivity contribution is 7.09. The summed E-state index contributed by atoms with van der Waals surface area (Å²) in [6.45, 7) is 9.73. The van der Waals surface area contributed by atoms with E-state index in [9.17, 15) is 0 Å². The topological polar surface area (TPSA) is 62.7 Å². The fourth-order valence-electron chi connectivity index (χ4n) is 1.88. The lowest BCUT2D eigenvalue weighted by atomic mass is 10.3. The van der Waals surface area contributed by atoms with Gasteiger partial charge in [-0.05, 0) is 20.8 Å². The number of nitrogens with one attached hydrogen (secondary N) is 2. The molecule has 2 N–H and O–H groups in total. The summed E-state index contributed by atoms with van der Waals surface area (Å²) in [6.07, 6.45) is 0.823. The van der Waals surface area contributed by atoms with Crippen LogP contribution in [0.3, 0.4) is 0 Å². The van der Waals surface area contributed by atoms with Crippen molar-refractivity contribution in [2.45, 2.75) is 40.7 Å². The summed E-state index contributed by atoms with van der Waals surface area (Å²) in [5.74, 6) is 2.65. The monoisotopic (exact) mass is 291 g/mol. The zero-order chi connectivity index (χ0) is 14.5. The van der Waals surface area contributed by atoms with Gasteiger partial charge in [-0.2, -0.15) is 0 Å². The van der Waals surface area contributed by atoms with Crippen LogP contribution in [-0.4, -0.2) is 21.5 Å². The zero-order valence-corrected chi connectivity index (χ0v) is 13.3. The molecule has 2 heterocycles. The number of aromatic nitrogens is 3. The maximum atomic E-state index is 4.57. The van der Waals surface area contributed by atoms with E-state index in [-0.39, 0.29) is 0 Å². The molecule has 0 amide bonds. The molecule has 0 atom stereocenters. The van der Waals surface area contributed by atoms with Crippen molar-refractivity contribution >= 4 is 23.0 Å². The molecular formula is C14H21N5S. The van der Waals surface area contributed by atoms with Crippen LogP contribution in [-0.2, 0) is 13.0 Å². The van der Waals surface area contributed by atoms with Gasteiger partial charge >= 0.3 is 0 Å². The van der Waals surface area contributed by atoms with Crippen molar-refractivity contribution in [2.24, 2.45) is 0 Å². The lowest BCUT2D eigenvalue weighted by Gasteiger charge is -2.13. The first-order chi connectivity index (χ1) is 9.63. The van der Waals surface area contributed by atoms with E-state index >= 15 is 0 Å². The Hall–Kier alpha value is -1.69. The summed E-state index contributed by atoms with van der Waals surface area (Å²) in [5, 5.41) is 9.80. The highest BCUT2D eigenvalue weighted by Gasteiger charge is 2.10. The minimum absolute atomic E-state index is 0.699. The molecule has 0 aliphatic heterocycles. The van der Waals surface area contributed by atoms with Gasteiger partial charge in [-0.3, -0.25) is 0 Å². The second-order valence-corrected chi connectivity index (χ2v) is 5.52. The standard InChI is InChI=1S/C14H21N5S/c1-5-11-18-13(15-6-2)10(4)14(19-11)16-7-12-17-9(3)8-20-12/h8H,5-7H2,1-4H3,(H2,15,16,18,19). The van der Waals surface area contributed by atoms with Crippen LogP contribution in [0.1, 0.15) is 35.9 Å². The summed E-state index contributed by atoms with van der Waals surface area (Å²) < 4.78 is 0. The van der Waals surface area contributed by atoms with Gasteiger partial charge in [0.2, 0.25) is 0 Å². The van der Waals surface area contributed by atoms with Crippen molar-refractivity contribution < 1.29 is 0 Å². The van der Waals surface area contributed by atoms with Crippen LogP contribution in [0.2, 0.25) is 0 Å². The first-order valence-corrected chi connectivity index (χ1v) is 7.78. The second kappa shape index (κ2) is 6.65. The highest BCUT2D eigenvalue weighted by atomic mass is 32.1. The number of nitrogens with zero attached hydrogens (tertiary/aromatic N) is 3. The fraction of sp³-hybridized carbons (Fsp3) is 0.500. The molecule has 2 aromatic heterocycles. The normalized spacial score (nSPS) is 10.6. The quantitative estimate of drug-likeness (QED) is 0.856. The molecular weight excluding hydrogens is 270 g/mol. The van der Waals surface area contributed by atoms with Crippen molar-refractivity contribution in [1.82, 2.24) is 15.0 Å². The van der Waals surface area contributed by atoms with E-state index in [1.165, 1.54) is 0 Å². The lowest BCUT2D eigenvalue weighted by Crippen LogP contribution is -2.11. The Morgan fingerprint density at radius 3 is 2.30 bits per heavy atom. The van der Waals surface area contributed by atoms with Crippen LogP contribution < -0.4 is 10.6 Å². The molecule has 0 bridgehead atoms. The van der Waals surface area contributed by atoms with E-state index in [2.05, 4.69) is 44.8 Å². The first kappa shape index (κ1) is 14.7. The maximum absolute atomic E-state index is 4.57. The molecule has 108 valence electrons. The van der Waals surface area contributed by atoms with E-state index < -0.39 is 0 Å². The summed E-state index contributed by atoms with van der Waals surface area (Å²) in [6, 6.07) is 0. The van der Waals surface area contributed by atoms with Crippen LogP contribution in [0.25, 0.3) is 0 Å². The number of thiazole rings is 1. The predicted molar refractivity (Wildman–Crippen MR) is 84.5 cm³/mol. The largest absolute Gasteiger partial charge is 0.370 e. The first-order valence-electron chi connectivity index (χ1n) is 6.90. The number of hydrogen-bond donors (Lipinski definition) is 2. The van der Waals surface area contributed by atoms with Crippen molar-refractivity contribution in [3.05, 3.63) is 27.5 Å². The average Bonchev–Trinajstić information content (AvgIpc) is 2.85. The Kier molecular flexibility index (Phi) is 4.89. The van der Waals surface area contributed by atoms with Crippen molar-refractivity contribution in [3.8, 4) is 0 Å². The molecule has 0 unspecified atom stereocenters. The summed E-state index contributed by atoms with van der Waals surface area (Å²) in [7, 11) is 0. The van der Waals surface area contributed by atoms with Gasteiger partial charge in [-0.15, -0.1) is 11.3 Å². The van der Waals surface area contributed by atoms with Gasteiger partial charge in [0.15, 0.2) is 0 Å². The van der Waals surface area contributed by atoms with Gasteiger partial charge in [0.05, 0.1) is 6.54 Å². The van der Waals surface area contributed by atoms with E-state index in [4.69, 9.17) is 0 Å². The molecule has 20 heavy (non-hydrogen) atoms. The lowest BCUT2D eigenvalue weighted by molar-refractivity contribution is 0.917. The van der Waals surface area contributed by atoms with Crippen LogP contribution in [0.15, 0.2) is 5.38 Å². The van der Waals surface area contributed by atoms with E-state index in [1.807, 2.05) is 13.8 Å². The Morgan fingerprint density at radius 1 is 1.05 bits per heavy atom. The predicted octanol–water partition coefficient (Wildman–Crippen LogP) is 3.16. The molecule has 2 aromatic rings. The summed E-state index contributed by atoms with van der Waals surface area (Å²) in [4.78, 5) is 13.5. The van der Waals surface area contributed by atoms with Gasteiger partial charge in [0, 0.05) is 29.6 Å². The average molecular weight is 291 g/mol. The van der Waals surface area contributed by atoms with Crippen LogP contribution in [0.4, 0.5) is 11.6 Å². The van der Waals surface area contributed by atoms with Gasteiger partial charge < -0.3 is 10.6 Å². The van der Waals surface area contributed by atoms with Crippen LogP contribution in [0.5, 0.6) is 0 Å².